The summed E-state index contributed by atoms with van der Waals surface area (Å²) in [6, 6.07) is 5.82. The van der Waals surface area contributed by atoms with Crippen molar-refractivity contribution in [2.24, 2.45) is 0 Å². The fourth-order valence-electron chi connectivity index (χ4n) is 2.39. The molecule has 1 unspecified atom stereocenters. The van der Waals surface area contributed by atoms with Crippen molar-refractivity contribution in [3.05, 3.63) is 28.8 Å². The van der Waals surface area contributed by atoms with Crippen LogP contribution in [-0.2, 0) is 14.3 Å². The van der Waals surface area contributed by atoms with Gasteiger partial charge in [0, 0.05) is 36.9 Å². The molecule has 2 rings (SSSR count). The van der Waals surface area contributed by atoms with Gasteiger partial charge in [-0.15, -0.1) is 11.8 Å². The summed E-state index contributed by atoms with van der Waals surface area (Å²) in [7, 11) is 3.90. The van der Waals surface area contributed by atoms with Crippen molar-refractivity contribution < 1.29 is 14.3 Å². The van der Waals surface area contributed by atoms with Crippen LogP contribution in [0.2, 0.25) is 5.02 Å². The number of thioether (sulfide) groups is 1. The summed E-state index contributed by atoms with van der Waals surface area (Å²) in [5.74, 6) is 0.140. The third-order valence-corrected chi connectivity index (χ3v) is 5.16. The van der Waals surface area contributed by atoms with E-state index in [9.17, 15) is 9.59 Å². The molecule has 0 saturated carbocycles. The molecule has 0 bridgehead atoms. The Morgan fingerprint density at radius 2 is 2.22 bits per heavy atom. The molecule has 0 N–H and O–H groups in total. The summed E-state index contributed by atoms with van der Waals surface area (Å²) >= 11 is 7.94. The monoisotopic (exact) mass is 356 g/mol. The van der Waals surface area contributed by atoms with Gasteiger partial charge in [-0.2, -0.15) is 0 Å². The number of carbonyl (C=O) groups is 2. The van der Waals surface area contributed by atoms with E-state index in [1.807, 2.05) is 37.2 Å². The number of benzene rings is 1. The molecular formula is C16H21ClN2O3S. The Kier molecular flexibility index (Phi) is 6.18. The zero-order valence-electron chi connectivity index (χ0n) is 13.5. The molecule has 7 heteroatoms. The lowest BCUT2D eigenvalue weighted by Crippen LogP contribution is -2.31. The quantitative estimate of drug-likeness (QED) is 0.733. The standard InChI is InChI=1S/C16H21ClN2O3S/c1-4-22-15(21)7-8-19-14(20)10-23-16(19)12-6-5-11(18(2)3)9-13(12)17/h5-6,9,16H,4,7-8,10H2,1-3H3. The number of esters is 1. The molecule has 1 fully saturated rings. The minimum atomic E-state index is -0.287. The molecule has 1 heterocycles. The van der Waals surface area contributed by atoms with E-state index in [0.717, 1.165) is 11.3 Å². The van der Waals surface area contributed by atoms with Crippen LogP contribution in [0.5, 0.6) is 0 Å². The lowest BCUT2D eigenvalue weighted by Gasteiger charge is -2.25. The molecule has 1 amide bonds. The largest absolute Gasteiger partial charge is 0.466 e. The van der Waals surface area contributed by atoms with Crippen LogP contribution in [0.4, 0.5) is 5.69 Å². The van der Waals surface area contributed by atoms with Crippen LogP contribution >= 0.6 is 23.4 Å². The smallest absolute Gasteiger partial charge is 0.307 e. The van der Waals surface area contributed by atoms with Gasteiger partial charge in [0.15, 0.2) is 0 Å². The van der Waals surface area contributed by atoms with Gasteiger partial charge in [0.25, 0.3) is 0 Å². The highest BCUT2D eigenvalue weighted by molar-refractivity contribution is 8.00. The van der Waals surface area contributed by atoms with Crippen LogP contribution in [0.25, 0.3) is 0 Å². The fraction of sp³-hybridized carbons (Fsp3) is 0.500. The van der Waals surface area contributed by atoms with Gasteiger partial charge < -0.3 is 14.5 Å². The summed E-state index contributed by atoms with van der Waals surface area (Å²) in [4.78, 5) is 27.3. The predicted molar refractivity (Wildman–Crippen MR) is 93.9 cm³/mol. The summed E-state index contributed by atoms with van der Waals surface area (Å²) < 4.78 is 4.93. The molecule has 0 spiro atoms. The zero-order valence-corrected chi connectivity index (χ0v) is 15.1. The Morgan fingerprint density at radius 3 is 2.83 bits per heavy atom. The second kappa shape index (κ2) is 7.93. The highest BCUT2D eigenvalue weighted by Crippen LogP contribution is 2.42. The van der Waals surface area contributed by atoms with Gasteiger partial charge in [-0.05, 0) is 19.1 Å². The second-order valence-electron chi connectivity index (χ2n) is 5.41. The van der Waals surface area contributed by atoms with Crippen LogP contribution in [0.3, 0.4) is 0 Å². The number of halogens is 1. The average molecular weight is 357 g/mol. The van der Waals surface area contributed by atoms with E-state index in [-0.39, 0.29) is 23.7 Å². The highest BCUT2D eigenvalue weighted by atomic mass is 35.5. The normalized spacial score (nSPS) is 17.5. The molecule has 1 saturated heterocycles. The first-order valence-corrected chi connectivity index (χ1v) is 8.90. The molecule has 1 aliphatic heterocycles. The lowest BCUT2D eigenvalue weighted by molar-refractivity contribution is -0.143. The number of ether oxygens (including phenoxy) is 1. The molecule has 1 aliphatic rings. The van der Waals surface area contributed by atoms with Crippen LogP contribution < -0.4 is 4.90 Å². The van der Waals surface area contributed by atoms with Gasteiger partial charge in [0.1, 0.15) is 5.37 Å². The third kappa shape index (κ3) is 4.32. The van der Waals surface area contributed by atoms with E-state index in [4.69, 9.17) is 16.3 Å². The first-order chi connectivity index (χ1) is 10.9. The summed E-state index contributed by atoms with van der Waals surface area (Å²) in [5.41, 5.74) is 1.91. The Labute approximate surface area is 145 Å². The number of amides is 1. The summed E-state index contributed by atoms with van der Waals surface area (Å²) in [6.45, 7) is 2.47. The summed E-state index contributed by atoms with van der Waals surface area (Å²) in [6.07, 6.45) is 0.198. The van der Waals surface area contributed by atoms with E-state index in [0.29, 0.717) is 23.9 Å². The predicted octanol–water partition coefficient (Wildman–Crippen LogP) is 2.93. The first-order valence-electron chi connectivity index (χ1n) is 7.47. The van der Waals surface area contributed by atoms with Gasteiger partial charge in [0.2, 0.25) is 5.91 Å². The number of anilines is 1. The number of rotatable bonds is 6. The Bertz CT molecular complexity index is 595. The van der Waals surface area contributed by atoms with Crippen molar-refractivity contribution in [3.8, 4) is 0 Å². The van der Waals surface area contributed by atoms with Crippen molar-refractivity contribution in [1.29, 1.82) is 0 Å². The number of hydrogen-bond acceptors (Lipinski definition) is 5. The van der Waals surface area contributed by atoms with E-state index in [1.54, 1.807) is 11.8 Å². The Hall–Kier alpha value is -1.40. The molecule has 5 nitrogen and oxygen atoms in total. The van der Waals surface area contributed by atoms with Crippen LogP contribution in [0, 0.1) is 0 Å². The van der Waals surface area contributed by atoms with Gasteiger partial charge in [-0.3, -0.25) is 9.59 Å². The van der Waals surface area contributed by atoms with Crippen LogP contribution in [0.1, 0.15) is 24.3 Å². The molecule has 0 aliphatic carbocycles. The molecule has 0 aromatic heterocycles. The van der Waals surface area contributed by atoms with Gasteiger partial charge in [-0.25, -0.2) is 0 Å². The van der Waals surface area contributed by atoms with Crippen molar-refractivity contribution >= 4 is 40.9 Å². The molecule has 0 radical (unpaired) electrons. The van der Waals surface area contributed by atoms with E-state index < -0.39 is 0 Å². The second-order valence-corrected chi connectivity index (χ2v) is 6.88. The zero-order chi connectivity index (χ0) is 17.0. The van der Waals surface area contributed by atoms with E-state index in [1.165, 1.54) is 11.8 Å². The fourth-order valence-corrected chi connectivity index (χ4v) is 3.99. The topological polar surface area (TPSA) is 49.9 Å². The van der Waals surface area contributed by atoms with Gasteiger partial charge >= 0.3 is 5.97 Å². The first kappa shape index (κ1) is 17.9. The molecule has 1 atom stereocenters. The lowest BCUT2D eigenvalue weighted by atomic mass is 10.1. The van der Waals surface area contributed by atoms with Crippen molar-refractivity contribution in [2.45, 2.75) is 18.7 Å². The molecular weight excluding hydrogens is 336 g/mol. The van der Waals surface area contributed by atoms with Gasteiger partial charge in [-0.1, -0.05) is 17.7 Å². The highest BCUT2D eigenvalue weighted by Gasteiger charge is 2.34. The average Bonchev–Trinajstić information content (AvgIpc) is 2.86. The van der Waals surface area contributed by atoms with Crippen molar-refractivity contribution in [2.75, 3.05) is 37.9 Å². The Morgan fingerprint density at radius 1 is 1.48 bits per heavy atom. The maximum atomic E-state index is 12.1. The number of carbonyl (C=O) groups excluding carboxylic acids is 2. The van der Waals surface area contributed by atoms with Crippen molar-refractivity contribution in [1.82, 2.24) is 4.90 Å². The van der Waals surface area contributed by atoms with Gasteiger partial charge in [0.05, 0.1) is 18.8 Å². The summed E-state index contributed by atoms with van der Waals surface area (Å²) in [5, 5.41) is 0.477. The number of hydrogen-bond donors (Lipinski definition) is 0. The van der Waals surface area contributed by atoms with Crippen molar-refractivity contribution in [3.63, 3.8) is 0 Å². The van der Waals surface area contributed by atoms with E-state index in [2.05, 4.69) is 0 Å². The minimum Gasteiger partial charge on any atom is -0.466 e. The Balaban J connectivity index is 2.14. The molecule has 126 valence electrons. The molecule has 1 aromatic carbocycles. The SMILES string of the molecule is CCOC(=O)CCN1C(=O)CSC1c1ccc(N(C)C)cc1Cl. The minimum absolute atomic E-state index is 0.0250. The van der Waals surface area contributed by atoms with Crippen LogP contribution in [0.15, 0.2) is 18.2 Å². The van der Waals surface area contributed by atoms with Crippen LogP contribution in [-0.4, -0.2) is 49.8 Å². The number of nitrogens with zero attached hydrogens (tertiary/aromatic N) is 2. The molecule has 23 heavy (non-hydrogen) atoms. The maximum Gasteiger partial charge on any atom is 0.307 e. The maximum absolute atomic E-state index is 12.1. The molecule has 1 aromatic rings. The third-order valence-electron chi connectivity index (χ3n) is 3.60. The van der Waals surface area contributed by atoms with E-state index >= 15 is 0 Å².